The Morgan fingerprint density at radius 3 is 2.78 bits per heavy atom. The van der Waals surface area contributed by atoms with Crippen molar-refractivity contribution in [1.82, 2.24) is 14.8 Å². The van der Waals surface area contributed by atoms with Crippen molar-refractivity contribution in [2.24, 2.45) is 11.8 Å². The molecular formula is C23H30N4. The fourth-order valence-electron chi connectivity index (χ4n) is 5.09. The average molecular weight is 363 g/mol. The number of fused-ring (bicyclic) bond motifs is 1. The van der Waals surface area contributed by atoms with Crippen molar-refractivity contribution < 1.29 is 0 Å². The van der Waals surface area contributed by atoms with Crippen molar-refractivity contribution in [2.75, 3.05) is 39.8 Å². The van der Waals surface area contributed by atoms with Gasteiger partial charge in [-0.05, 0) is 74.8 Å². The molecule has 4 nitrogen and oxygen atoms in total. The lowest BCUT2D eigenvalue weighted by atomic mass is 9.82. The Morgan fingerprint density at radius 1 is 1.19 bits per heavy atom. The summed E-state index contributed by atoms with van der Waals surface area (Å²) in [5, 5.41) is 10.6. The first-order chi connectivity index (χ1) is 13.1. The molecule has 2 aliphatic heterocycles. The zero-order chi connectivity index (χ0) is 18.8. The molecule has 27 heavy (non-hydrogen) atoms. The summed E-state index contributed by atoms with van der Waals surface area (Å²) in [5.41, 5.74) is 2.91. The molecule has 142 valence electrons. The normalized spacial score (nSPS) is 25.5. The molecule has 2 saturated heterocycles. The number of hydrogen-bond donors (Lipinski definition) is 0. The molecule has 0 radical (unpaired) electrons. The van der Waals surface area contributed by atoms with Gasteiger partial charge in [0.2, 0.25) is 0 Å². The van der Waals surface area contributed by atoms with Gasteiger partial charge < -0.3 is 9.80 Å². The molecule has 4 rings (SSSR count). The van der Waals surface area contributed by atoms with E-state index in [2.05, 4.69) is 47.0 Å². The third-order valence-electron chi connectivity index (χ3n) is 6.45. The second-order valence-corrected chi connectivity index (χ2v) is 8.72. The first-order valence-electron chi connectivity index (χ1n) is 10.3. The van der Waals surface area contributed by atoms with E-state index in [4.69, 9.17) is 0 Å². The van der Waals surface area contributed by atoms with Crippen molar-refractivity contribution in [3.63, 3.8) is 0 Å². The second kappa shape index (κ2) is 7.96. The highest BCUT2D eigenvalue weighted by Gasteiger charge is 2.29. The van der Waals surface area contributed by atoms with E-state index in [1.807, 2.05) is 12.1 Å². The monoisotopic (exact) mass is 362 g/mol. The van der Waals surface area contributed by atoms with Crippen molar-refractivity contribution in [1.29, 1.82) is 5.26 Å². The summed E-state index contributed by atoms with van der Waals surface area (Å²) in [4.78, 5) is 9.66. The molecule has 2 aliphatic rings. The zero-order valence-corrected chi connectivity index (χ0v) is 16.6. The molecule has 3 heterocycles. The Balaban J connectivity index is 1.55. The molecule has 0 aliphatic carbocycles. The molecule has 2 aromatic rings. The van der Waals surface area contributed by atoms with Crippen molar-refractivity contribution >= 4 is 10.9 Å². The highest BCUT2D eigenvalue weighted by atomic mass is 15.1. The number of hydrogen-bond acceptors (Lipinski definition) is 4. The van der Waals surface area contributed by atoms with Gasteiger partial charge in [-0.2, -0.15) is 5.26 Å². The molecule has 0 bridgehead atoms. The zero-order valence-electron chi connectivity index (χ0n) is 16.6. The second-order valence-electron chi connectivity index (χ2n) is 8.72. The summed E-state index contributed by atoms with van der Waals surface area (Å²) in [6, 6.07) is 10.6. The van der Waals surface area contributed by atoms with Gasteiger partial charge in [0, 0.05) is 31.2 Å². The van der Waals surface area contributed by atoms with Crippen LogP contribution in [-0.4, -0.2) is 54.6 Å². The van der Waals surface area contributed by atoms with Gasteiger partial charge in [0.25, 0.3) is 0 Å². The van der Waals surface area contributed by atoms with Crippen LogP contribution in [0.25, 0.3) is 10.9 Å². The van der Waals surface area contributed by atoms with E-state index in [0.717, 1.165) is 23.4 Å². The maximum Gasteiger partial charge on any atom is 0.101 e. The number of nitriles is 1. The predicted octanol–water partition coefficient (Wildman–Crippen LogP) is 3.87. The lowest BCUT2D eigenvalue weighted by molar-refractivity contribution is 0.114. The quantitative estimate of drug-likeness (QED) is 0.831. The van der Waals surface area contributed by atoms with Crippen LogP contribution in [0.5, 0.6) is 0 Å². The number of nitrogens with zero attached hydrogens (tertiary/aromatic N) is 4. The van der Waals surface area contributed by atoms with Crippen molar-refractivity contribution in [2.45, 2.75) is 32.1 Å². The summed E-state index contributed by atoms with van der Waals surface area (Å²) in [7, 11) is 2.24. The lowest BCUT2D eigenvalue weighted by Crippen LogP contribution is -2.43. The fourth-order valence-corrected chi connectivity index (χ4v) is 5.09. The molecule has 2 unspecified atom stereocenters. The number of rotatable bonds is 3. The Labute approximate surface area is 162 Å². The third-order valence-corrected chi connectivity index (χ3v) is 6.45. The van der Waals surface area contributed by atoms with Gasteiger partial charge in [0.15, 0.2) is 0 Å². The maximum atomic E-state index is 9.42. The van der Waals surface area contributed by atoms with Crippen LogP contribution in [0.1, 0.15) is 43.2 Å². The number of aromatic nitrogens is 1. The molecule has 0 N–H and O–H groups in total. The highest BCUT2D eigenvalue weighted by molar-refractivity contribution is 5.87. The fraction of sp³-hybridized carbons (Fsp3) is 0.565. The van der Waals surface area contributed by atoms with E-state index in [-0.39, 0.29) is 0 Å². The topological polar surface area (TPSA) is 43.2 Å². The Hall–Kier alpha value is -1.96. The van der Waals surface area contributed by atoms with E-state index in [1.165, 1.54) is 51.0 Å². The molecule has 0 spiro atoms. The predicted molar refractivity (Wildman–Crippen MR) is 110 cm³/mol. The summed E-state index contributed by atoms with van der Waals surface area (Å²) in [6.45, 7) is 8.45. The van der Waals surface area contributed by atoms with E-state index >= 15 is 0 Å². The van der Waals surface area contributed by atoms with Crippen LogP contribution in [0.3, 0.4) is 0 Å². The maximum absolute atomic E-state index is 9.42. The van der Waals surface area contributed by atoms with E-state index in [9.17, 15) is 5.26 Å². The number of likely N-dealkylation sites (tertiary alicyclic amines) is 2. The van der Waals surface area contributed by atoms with E-state index in [1.54, 1.807) is 6.20 Å². The van der Waals surface area contributed by atoms with Crippen LogP contribution in [0.4, 0.5) is 0 Å². The van der Waals surface area contributed by atoms with Gasteiger partial charge in [-0.3, -0.25) is 4.98 Å². The molecule has 2 fully saturated rings. The number of benzene rings is 1. The van der Waals surface area contributed by atoms with Gasteiger partial charge in [0.1, 0.15) is 6.07 Å². The minimum Gasteiger partial charge on any atom is -0.306 e. The largest absolute Gasteiger partial charge is 0.306 e. The van der Waals surface area contributed by atoms with Crippen LogP contribution in [0.2, 0.25) is 0 Å². The Morgan fingerprint density at radius 2 is 2.00 bits per heavy atom. The highest BCUT2D eigenvalue weighted by Crippen LogP contribution is 2.35. The van der Waals surface area contributed by atoms with Crippen LogP contribution < -0.4 is 0 Å². The van der Waals surface area contributed by atoms with Crippen LogP contribution in [0, 0.1) is 23.2 Å². The first-order valence-corrected chi connectivity index (χ1v) is 10.3. The van der Waals surface area contributed by atoms with Gasteiger partial charge in [-0.1, -0.05) is 19.1 Å². The van der Waals surface area contributed by atoms with Crippen molar-refractivity contribution in [3.8, 4) is 6.07 Å². The molecule has 2 atom stereocenters. The minimum absolute atomic E-state index is 0.527. The lowest BCUT2D eigenvalue weighted by Gasteiger charge is -2.40. The summed E-state index contributed by atoms with van der Waals surface area (Å²) < 4.78 is 0. The average Bonchev–Trinajstić information content (AvgIpc) is 2.68. The Kier molecular flexibility index (Phi) is 5.43. The van der Waals surface area contributed by atoms with E-state index in [0.29, 0.717) is 17.4 Å². The van der Waals surface area contributed by atoms with E-state index < -0.39 is 0 Å². The molecule has 0 saturated carbocycles. The standard InChI is InChI=1S/C23H30N4/c1-17-12-20(16-27(14-17)15-18-7-10-26(2)11-8-18)21-6-5-19(13-24)23-22(21)4-3-9-25-23/h3-6,9,17-18,20H,7-8,10-12,14-16H2,1-2H3. The van der Waals surface area contributed by atoms with Crippen LogP contribution in [-0.2, 0) is 0 Å². The molecule has 0 amide bonds. The minimum atomic E-state index is 0.527. The first kappa shape index (κ1) is 18.4. The SMILES string of the molecule is CC1CC(c2ccc(C#N)c3ncccc23)CN(CC2CCN(C)CC2)C1. The Bertz CT molecular complexity index is 832. The van der Waals surface area contributed by atoms with Gasteiger partial charge >= 0.3 is 0 Å². The van der Waals surface area contributed by atoms with Gasteiger partial charge in [-0.25, -0.2) is 0 Å². The number of piperidine rings is 2. The summed E-state index contributed by atoms with van der Waals surface area (Å²) in [5.74, 6) is 2.07. The third kappa shape index (κ3) is 4.00. The van der Waals surface area contributed by atoms with Gasteiger partial charge in [0.05, 0.1) is 11.1 Å². The van der Waals surface area contributed by atoms with Crippen LogP contribution >= 0.6 is 0 Å². The van der Waals surface area contributed by atoms with Crippen LogP contribution in [0.15, 0.2) is 30.5 Å². The molecule has 1 aromatic carbocycles. The van der Waals surface area contributed by atoms with Crippen molar-refractivity contribution in [3.05, 3.63) is 41.6 Å². The molecular weight excluding hydrogens is 332 g/mol. The van der Waals surface area contributed by atoms with Gasteiger partial charge in [-0.15, -0.1) is 0 Å². The smallest absolute Gasteiger partial charge is 0.101 e. The number of pyridine rings is 1. The summed E-state index contributed by atoms with van der Waals surface area (Å²) >= 11 is 0. The molecule has 4 heteroatoms. The molecule has 1 aromatic heterocycles. The summed E-state index contributed by atoms with van der Waals surface area (Å²) in [6.07, 6.45) is 5.67.